The molecule has 3 aliphatic carbocycles. The van der Waals surface area contributed by atoms with Gasteiger partial charge in [0.25, 0.3) is 0 Å². The fraction of sp³-hybridized carbons (Fsp3) is 0.889. The first-order valence-corrected chi connectivity index (χ1v) is 12.8. The molecule has 1 atom stereocenters. The monoisotopic (exact) mass is 383 g/mol. The summed E-state index contributed by atoms with van der Waals surface area (Å²) in [7, 11) is 0. The molecule has 0 aliphatic heterocycles. The van der Waals surface area contributed by atoms with Crippen molar-refractivity contribution in [3.63, 3.8) is 0 Å². The Hall–Kier alpha value is -0.770. The number of hydrogen-bond donors (Lipinski definition) is 0. The van der Waals surface area contributed by atoms with Crippen LogP contribution in [0.2, 0.25) is 0 Å². The van der Waals surface area contributed by atoms with E-state index < -0.39 is 0 Å². The smallest absolute Gasteiger partial charge is 0.0782 e. The van der Waals surface area contributed by atoms with Gasteiger partial charge in [0.2, 0.25) is 0 Å². The number of unbranched alkanes of at least 4 members (excludes halogenated alkanes) is 2. The molecule has 0 spiro atoms. The van der Waals surface area contributed by atoms with Gasteiger partial charge in [0.1, 0.15) is 0 Å². The average molecular weight is 384 g/mol. The van der Waals surface area contributed by atoms with Crippen LogP contribution in [0, 0.1) is 40.4 Å². The largest absolute Gasteiger partial charge is 0.197 e. The third-order valence-corrected chi connectivity index (χ3v) is 8.70. The highest BCUT2D eigenvalue weighted by Gasteiger charge is 2.41. The van der Waals surface area contributed by atoms with E-state index in [4.69, 9.17) is 0 Å². The zero-order valence-corrected chi connectivity index (χ0v) is 18.9. The van der Waals surface area contributed by atoms with E-state index in [-0.39, 0.29) is 5.41 Å². The summed E-state index contributed by atoms with van der Waals surface area (Å²) in [4.78, 5) is 0. The Bertz CT molecular complexity index is 523. The lowest BCUT2D eigenvalue weighted by molar-refractivity contribution is 0.130. The van der Waals surface area contributed by atoms with Crippen LogP contribution in [0.4, 0.5) is 0 Å². The molecule has 0 aromatic carbocycles. The number of rotatable bonds is 8. The van der Waals surface area contributed by atoms with Crippen molar-refractivity contribution < 1.29 is 0 Å². The Morgan fingerprint density at radius 3 is 2.14 bits per heavy atom. The Kier molecular flexibility index (Phi) is 8.50. The molecular formula is C27H45N. The Balaban J connectivity index is 1.46. The Morgan fingerprint density at radius 2 is 1.57 bits per heavy atom. The first-order valence-electron chi connectivity index (χ1n) is 12.8. The lowest BCUT2D eigenvalue weighted by Gasteiger charge is -2.42. The molecule has 2 fully saturated rings. The Labute approximate surface area is 175 Å². The fourth-order valence-corrected chi connectivity index (χ4v) is 6.73. The van der Waals surface area contributed by atoms with Crippen LogP contribution in [-0.4, -0.2) is 0 Å². The molecular weight excluding hydrogens is 338 g/mol. The van der Waals surface area contributed by atoms with Gasteiger partial charge in [0.15, 0.2) is 0 Å². The van der Waals surface area contributed by atoms with E-state index in [9.17, 15) is 5.26 Å². The van der Waals surface area contributed by atoms with Crippen LogP contribution in [0.25, 0.3) is 0 Å². The molecule has 1 nitrogen and oxygen atoms in total. The molecule has 0 heterocycles. The van der Waals surface area contributed by atoms with Gasteiger partial charge in [-0.15, -0.1) is 0 Å². The van der Waals surface area contributed by atoms with Gasteiger partial charge in [-0.25, -0.2) is 0 Å². The summed E-state index contributed by atoms with van der Waals surface area (Å²) in [6, 6.07) is 2.82. The highest BCUT2D eigenvalue weighted by Crippen LogP contribution is 2.51. The number of nitriles is 1. The summed E-state index contributed by atoms with van der Waals surface area (Å²) >= 11 is 0. The maximum absolute atomic E-state index is 10.1. The molecule has 0 radical (unpaired) electrons. The zero-order chi connectivity index (χ0) is 19.8. The predicted molar refractivity (Wildman–Crippen MR) is 120 cm³/mol. The summed E-state index contributed by atoms with van der Waals surface area (Å²) in [6.45, 7) is 4.62. The van der Waals surface area contributed by atoms with Gasteiger partial charge in [0.05, 0.1) is 11.5 Å². The Morgan fingerprint density at radius 1 is 0.857 bits per heavy atom. The van der Waals surface area contributed by atoms with Gasteiger partial charge in [-0.3, -0.25) is 0 Å². The maximum atomic E-state index is 10.1. The summed E-state index contributed by atoms with van der Waals surface area (Å²) < 4.78 is 0. The van der Waals surface area contributed by atoms with Crippen LogP contribution >= 0.6 is 0 Å². The number of nitrogens with zero attached hydrogens (tertiary/aromatic N) is 1. The summed E-state index contributed by atoms with van der Waals surface area (Å²) in [5.74, 6) is 3.78. The van der Waals surface area contributed by atoms with E-state index in [1.807, 2.05) is 0 Å². The van der Waals surface area contributed by atoms with Gasteiger partial charge in [0, 0.05) is 0 Å². The van der Waals surface area contributed by atoms with Crippen molar-refractivity contribution in [1.82, 2.24) is 0 Å². The zero-order valence-electron chi connectivity index (χ0n) is 18.9. The normalized spacial score (nSPS) is 36.5. The van der Waals surface area contributed by atoms with Gasteiger partial charge in [-0.2, -0.15) is 5.26 Å². The molecule has 0 saturated heterocycles. The van der Waals surface area contributed by atoms with Crippen molar-refractivity contribution in [2.45, 2.75) is 123 Å². The minimum absolute atomic E-state index is 0.0922. The molecule has 158 valence electrons. The molecule has 3 aliphatic rings. The molecule has 0 amide bonds. The third-order valence-electron chi connectivity index (χ3n) is 8.70. The maximum Gasteiger partial charge on any atom is 0.0782 e. The summed E-state index contributed by atoms with van der Waals surface area (Å²) in [5.41, 5.74) is 1.44. The first kappa shape index (κ1) is 21.9. The summed E-state index contributed by atoms with van der Waals surface area (Å²) in [5, 5.41) is 10.1. The van der Waals surface area contributed by atoms with Crippen molar-refractivity contribution in [3.8, 4) is 6.07 Å². The van der Waals surface area contributed by atoms with Crippen LogP contribution in [0.1, 0.15) is 123 Å². The third kappa shape index (κ3) is 5.43. The van der Waals surface area contributed by atoms with Crippen molar-refractivity contribution in [1.29, 1.82) is 5.26 Å². The van der Waals surface area contributed by atoms with Crippen molar-refractivity contribution in [2.24, 2.45) is 29.1 Å². The minimum atomic E-state index is -0.0922. The highest BCUT2D eigenvalue weighted by molar-refractivity contribution is 5.26. The fourth-order valence-electron chi connectivity index (χ4n) is 6.73. The van der Waals surface area contributed by atoms with E-state index in [1.54, 1.807) is 0 Å². The molecule has 0 unspecified atom stereocenters. The second kappa shape index (κ2) is 10.8. The SMILES string of the molecule is CCCCCC1CCC([C@H]2CC[C@](C#N)(C3=CC[C@H](CCC)CC3)CC2)CC1. The molecule has 2 saturated carbocycles. The van der Waals surface area contributed by atoms with Crippen molar-refractivity contribution in [2.75, 3.05) is 0 Å². The molecule has 0 aromatic rings. The minimum Gasteiger partial charge on any atom is -0.197 e. The van der Waals surface area contributed by atoms with Gasteiger partial charge in [-0.1, -0.05) is 76.9 Å². The van der Waals surface area contributed by atoms with Gasteiger partial charge < -0.3 is 0 Å². The predicted octanol–water partition coefficient (Wildman–Crippen LogP) is 8.60. The molecule has 1 heteroatoms. The van der Waals surface area contributed by atoms with Gasteiger partial charge in [-0.05, 0) is 81.5 Å². The molecule has 0 aromatic heterocycles. The van der Waals surface area contributed by atoms with Crippen LogP contribution < -0.4 is 0 Å². The van der Waals surface area contributed by atoms with Crippen LogP contribution in [0.15, 0.2) is 11.6 Å². The highest BCUT2D eigenvalue weighted by atomic mass is 14.5. The lowest BCUT2D eigenvalue weighted by atomic mass is 9.61. The molecule has 28 heavy (non-hydrogen) atoms. The van der Waals surface area contributed by atoms with Crippen LogP contribution in [0.5, 0.6) is 0 Å². The van der Waals surface area contributed by atoms with E-state index in [1.165, 1.54) is 102 Å². The second-order valence-electron chi connectivity index (χ2n) is 10.5. The number of allylic oxidation sites excluding steroid dienone is 2. The van der Waals surface area contributed by atoms with E-state index >= 15 is 0 Å². The van der Waals surface area contributed by atoms with Crippen LogP contribution in [-0.2, 0) is 0 Å². The van der Waals surface area contributed by atoms with Crippen LogP contribution in [0.3, 0.4) is 0 Å². The first-order chi connectivity index (χ1) is 13.7. The topological polar surface area (TPSA) is 23.8 Å². The van der Waals surface area contributed by atoms with Crippen molar-refractivity contribution >= 4 is 0 Å². The van der Waals surface area contributed by atoms with E-state index in [0.29, 0.717) is 0 Å². The number of hydrogen-bond acceptors (Lipinski definition) is 1. The van der Waals surface area contributed by atoms with Crippen molar-refractivity contribution in [3.05, 3.63) is 11.6 Å². The van der Waals surface area contributed by atoms with E-state index in [0.717, 1.165) is 36.5 Å². The summed E-state index contributed by atoms with van der Waals surface area (Å²) in [6.07, 6.45) is 25.5. The quantitative estimate of drug-likeness (QED) is 0.304. The standard InChI is InChI=1S/C27H45N/c1-3-5-6-8-23-9-13-24(14-10-23)25-17-19-27(21-28,20-18-25)26-15-11-22(7-4-2)12-16-26/h15,22-25H,3-14,16-20H2,1-2H3/t22-,23?,24?,25-,27-/m0/s1. The van der Waals surface area contributed by atoms with Gasteiger partial charge >= 0.3 is 0 Å². The molecule has 3 rings (SSSR count). The lowest BCUT2D eigenvalue weighted by Crippen LogP contribution is -2.33. The average Bonchev–Trinajstić information content (AvgIpc) is 2.75. The molecule has 0 bridgehead atoms. The van der Waals surface area contributed by atoms with E-state index in [2.05, 4.69) is 26.0 Å². The molecule has 0 N–H and O–H groups in total. The second-order valence-corrected chi connectivity index (χ2v) is 10.5.